The Morgan fingerprint density at radius 3 is 2.58 bits per heavy atom. The molecule has 1 saturated heterocycles. The summed E-state index contributed by atoms with van der Waals surface area (Å²) in [5, 5.41) is 6.36. The number of rotatable bonds is 4. The number of hydrogen-bond acceptors (Lipinski definition) is 6. The quantitative estimate of drug-likeness (QED) is 0.825. The molecule has 0 radical (unpaired) electrons. The van der Waals surface area contributed by atoms with E-state index in [-0.39, 0.29) is 23.2 Å². The Labute approximate surface area is 157 Å². The number of aryl methyl sites for hydroxylation is 2. The van der Waals surface area contributed by atoms with Gasteiger partial charge < -0.3 is 10.6 Å². The first kappa shape index (κ1) is 18.6. The molecular formula is C17H19ClN4O3S. The second kappa shape index (κ2) is 7.20. The van der Waals surface area contributed by atoms with Gasteiger partial charge in [0, 0.05) is 6.04 Å². The van der Waals surface area contributed by atoms with Crippen molar-refractivity contribution in [2.75, 3.05) is 16.8 Å². The predicted molar refractivity (Wildman–Crippen MR) is 101 cm³/mol. The topological polar surface area (TPSA) is 101 Å². The smallest absolute Gasteiger partial charge is 0.271 e. The third-order valence-corrected chi connectivity index (χ3v) is 6.20. The molecule has 1 fully saturated rings. The van der Waals surface area contributed by atoms with E-state index < -0.39 is 15.7 Å². The highest BCUT2D eigenvalue weighted by Crippen LogP contribution is 2.29. The number of aromatic nitrogens is 2. The van der Waals surface area contributed by atoms with Crippen LogP contribution >= 0.6 is 11.6 Å². The van der Waals surface area contributed by atoms with Crippen LogP contribution in [-0.2, 0) is 9.84 Å². The van der Waals surface area contributed by atoms with Crippen LogP contribution in [0.5, 0.6) is 0 Å². The summed E-state index contributed by atoms with van der Waals surface area (Å²) in [6.07, 6.45) is 3.21. The minimum atomic E-state index is -3.05. The Hall–Kier alpha value is -2.19. The molecule has 1 aliphatic rings. The fourth-order valence-corrected chi connectivity index (χ4v) is 4.92. The van der Waals surface area contributed by atoms with Crippen molar-refractivity contribution in [1.29, 1.82) is 0 Å². The van der Waals surface area contributed by atoms with Crippen LogP contribution in [0.3, 0.4) is 0 Å². The van der Waals surface area contributed by atoms with E-state index in [0.717, 1.165) is 16.8 Å². The summed E-state index contributed by atoms with van der Waals surface area (Å²) in [7, 11) is -3.05. The SMILES string of the molecule is Cc1cc(C)c(Nc2cnc(C(=O)NC3CCS(=O)(=O)C3)cn2)c(Cl)c1. The number of anilines is 2. The van der Waals surface area contributed by atoms with E-state index in [2.05, 4.69) is 20.6 Å². The number of amides is 1. The summed E-state index contributed by atoms with van der Waals surface area (Å²) < 4.78 is 22.9. The number of carbonyl (C=O) groups is 1. The van der Waals surface area contributed by atoms with Gasteiger partial charge in [-0.05, 0) is 37.5 Å². The maximum Gasteiger partial charge on any atom is 0.271 e. The van der Waals surface area contributed by atoms with Crippen molar-refractivity contribution in [2.45, 2.75) is 26.3 Å². The van der Waals surface area contributed by atoms with E-state index in [1.54, 1.807) is 0 Å². The zero-order valence-corrected chi connectivity index (χ0v) is 16.0. The van der Waals surface area contributed by atoms with Crippen LogP contribution in [0.2, 0.25) is 5.02 Å². The highest BCUT2D eigenvalue weighted by atomic mass is 35.5. The van der Waals surface area contributed by atoms with Gasteiger partial charge in [0.1, 0.15) is 11.5 Å². The fourth-order valence-electron chi connectivity index (χ4n) is 2.88. The molecule has 0 spiro atoms. The van der Waals surface area contributed by atoms with Gasteiger partial charge in [-0.15, -0.1) is 0 Å². The van der Waals surface area contributed by atoms with Crippen LogP contribution in [0.1, 0.15) is 28.0 Å². The van der Waals surface area contributed by atoms with Gasteiger partial charge in [0.2, 0.25) is 0 Å². The van der Waals surface area contributed by atoms with Gasteiger partial charge in [0.25, 0.3) is 5.91 Å². The zero-order chi connectivity index (χ0) is 18.9. The summed E-state index contributed by atoms with van der Waals surface area (Å²) in [5.74, 6) is 0.0923. The first-order chi connectivity index (χ1) is 12.2. The van der Waals surface area contributed by atoms with E-state index >= 15 is 0 Å². The number of sulfone groups is 1. The van der Waals surface area contributed by atoms with Gasteiger partial charge in [-0.2, -0.15) is 0 Å². The lowest BCUT2D eigenvalue weighted by Gasteiger charge is -2.13. The molecule has 2 heterocycles. The van der Waals surface area contributed by atoms with Gasteiger partial charge in [-0.3, -0.25) is 4.79 Å². The normalized spacial score (nSPS) is 18.5. The van der Waals surface area contributed by atoms with Crippen LogP contribution < -0.4 is 10.6 Å². The second-order valence-corrected chi connectivity index (χ2v) is 9.06. The first-order valence-corrected chi connectivity index (χ1v) is 10.3. The van der Waals surface area contributed by atoms with Gasteiger partial charge in [-0.25, -0.2) is 18.4 Å². The van der Waals surface area contributed by atoms with Crippen LogP contribution in [0, 0.1) is 13.8 Å². The van der Waals surface area contributed by atoms with Gasteiger partial charge in [-0.1, -0.05) is 17.7 Å². The number of hydrogen-bond donors (Lipinski definition) is 2. The molecule has 138 valence electrons. The van der Waals surface area contributed by atoms with Crippen LogP contribution in [0.25, 0.3) is 0 Å². The minimum Gasteiger partial charge on any atom is -0.347 e. The van der Waals surface area contributed by atoms with Crippen molar-refractivity contribution < 1.29 is 13.2 Å². The summed E-state index contributed by atoms with van der Waals surface area (Å²) in [5.41, 5.74) is 2.90. The molecule has 1 aromatic carbocycles. The van der Waals surface area contributed by atoms with E-state index in [9.17, 15) is 13.2 Å². The Kier molecular flexibility index (Phi) is 5.15. The third-order valence-electron chi connectivity index (χ3n) is 4.14. The minimum absolute atomic E-state index is 0.0307. The molecule has 2 N–H and O–H groups in total. The Bertz CT molecular complexity index is 922. The number of nitrogens with one attached hydrogen (secondary N) is 2. The molecule has 1 amide bonds. The van der Waals surface area contributed by atoms with Crippen molar-refractivity contribution >= 4 is 38.9 Å². The van der Waals surface area contributed by atoms with E-state index in [0.29, 0.717) is 17.3 Å². The molecule has 0 bridgehead atoms. The van der Waals surface area contributed by atoms with E-state index in [4.69, 9.17) is 11.6 Å². The molecule has 0 saturated carbocycles. The number of carbonyl (C=O) groups excluding carboxylic acids is 1. The maximum absolute atomic E-state index is 12.2. The molecule has 2 aromatic rings. The maximum atomic E-state index is 12.2. The van der Waals surface area contributed by atoms with Crippen molar-refractivity contribution in [2.24, 2.45) is 0 Å². The van der Waals surface area contributed by atoms with Crippen LogP contribution in [0.4, 0.5) is 11.5 Å². The lowest BCUT2D eigenvalue weighted by molar-refractivity contribution is 0.0935. The van der Waals surface area contributed by atoms with Gasteiger partial charge >= 0.3 is 0 Å². The standard InChI is InChI=1S/C17H19ClN4O3S/c1-10-5-11(2)16(13(18)6-10)22-15-8-19-14(7-20-15)17(23)21-12-3-4-26(24,25)9-12/h5-8,12H,3-4,9H2,1-2H3,(H,20,22)(H,21,23). The molecular weight excluding hydrogens is 376 g/mol. The second-order valence-electron chi connectivity index (χ2n) is 6.42. The van der Waals surface area contributed by atoms with Crippen LogP contribution in [0.15, 0.2) is 24.5 Å². The van der Waals surface area contributed by atoms with Crippen molar-refractivity contribution in [3.63, 3.8) is 0 Å². The van der Waals surface area contributed by atoms with E-state index in [1.807, 2.05) is 26.0 Å². The van der Waals surface area contributed by atoms with Crippen molar-refractivity contribution in [3.8, 4) is 0 Å². The summed E-state index contributed by atoms with van der Waals surface area (Å²) in [6, 6.07) is 3.47. The number of benzene rings is 1. The Morgan fingerprint density at radius 1 is 1.23 bits per heavy atom. The van der Waals surface area contributed by atoms with E-state index in [1.165, 1.54) is 12.4 Å². The van der Waals surface area contributed by atoms with Crippen molar-refractivity contribution in [3.05, 3.63) is 46.4 Å². The predicted octanol–water partition coefficient (Wildman–Crippen LogP) is 2.41. The molecule has 1 aliphatic heterocycles. The van der Waals surface area contributed by atoms with Crippen molar-refractivity contribution in [1.82, 2.24) is 15.3 Å². The Morgan fingerprint density at radius 2 is 2.00 bits per heavy atom. The summed E-state index contributed by atoms with van der Waals surface area (Å²) >= 11 is 6.26. The molecule has 3 rings (SSSR count). The molecule has 26 heavy (non-hydrogen) atoms. The van der Waals surface area contributed by atoms with Gasteiger partial charge in [0.15, 0.2) is 9.84 Å². The highest BCUT2D eigenvalue weighted by molar-refractivity contribution is 7.91. The fraction of sp³-hybridized carbons (Fsp3) is 0.353. The average Bonchev–Trinajstić information content (AvgIpc) is 2.90. The molecule has 1 atom stereocenters. The highest BCUT2D eigenvalue weighted by Gasteiger charge is 2.29. The third kappa shape index (κ3) is 4.31. The molecule has 9 heteroatoms. The van der Waals surface area contributed by atoms with Crippen LogP contribution in [-0.4, -0.2) is 41.8 Å². The van der Waals surface area contributed by atoms with Gasteiger partial charge in [0.05, 0.1) is 34.6 Å². The first-order valence-electron chi connectivity index (χ1n) is 8.10. The number of halogens is 1. The molecule has 0 aliphatic carbocycles. The monoisotopic (exact) mass is 394 g/mol. The summed E-state index contributed by atoms with van der Waals surface area (Å²) in [6.45, 7) is 3.90. The lowest BCUT2D eigenvalue weighted by Crippen LogP contribution is -2.36. The number of nitrogens with zero attached hydrogens (tertiary/aromatic N) is 2. The lowest BCUT2D eigenvalue weighted by atomic mass is 10.1. The Balaban J connectivity index is 1.68. The largest absolute Gasteiger partial charge is 0.347 e. The molecule has 1 aromatic heterocycles. The molecule has 1 unspecified atom stereocenters. The zero-order valence-electron chi connectivity index (χ0n) is 14.4. The molecule has 7 nitrogen and oxygen atoms in total. The average molecular weight is 395 g/mol. The summed E-state index contributed by atoms with van der Waals surface area (Å²) in [4.78, 5) is 20.5.